The lowest BCUT2D eigenvalue weighted by Crippen LogP contribution is -2.36. The minimum absolute atomic E-state index is 0.0551. The van der Waals surface area contributed by atoms with Crippen LogP contribution in [0.3, 0.4) is 0 Å². The van der Waals surface area contributed by atoms with Crippen LogP contribution in [-0.2, 0) is 33.5 Å². The Hall–Kier alpha value is -13.0. The summed E-state index contributed by atoms with van der Waals surface area (Å²) in [5.74, 6) is 0. The van der Waals surface area contributed by atoms with Gasteiger partial charge >= 0.3 is 0 Å². The fourth-order valence-corrected chi connectivity index (χ4v) is 19.1. The monoisotopic (exact) mass is 1520 g/mol. The van der Waals surface area contributed by atoms with Gasteiger partial charge in [0.05, 0.1) is 5.41 Å². The second-order valence-electron chi connectivity index (χ2n) is 37.1. The third-order valence-corrected chi connectivity index (χ3v) is 25.5. The van der Waals surface area contributed by atoms with Crippen molar-refractivity contribution in [1.29, 1.82) is 0 Å². The molecule has 18 aromatic carbocycles. The minimum atomic E-state index is -0.588. The van der Waals surface area contributed by atoms with Crippen molar-refractivity contribution in [2.75, 3.05) is 0 Å². The molecule has 19 rings (SSSR count). The highest BCUT2D eigenvalue weighted by atomic mass is 14.5. The lowest BCUT2D eigenvalue weighted by Gasteiger charge is -2.42. The molecule has 0 aliphatic heterocycles. The summed E-state index contributed by atoms with van der Waals surface area (Å²) in [7, 11) is 0. The predicted octanol–water partition coefficient (Wildman–Crippen LogP) is 32.4. The van der Waals surface area contributed by atoms with Crippen molar-refractivity contribution in [1.82, 2.24) is 0 Å². The van der Waals surface area contributed by atoms with Crippen LogP contribution >= 0.6 is 0 Å². The number of rotatable bonds is 12. The first-order chi connectivity index (χ1) is 57.0. The average molecular weight is 1520 g/mol. The molecule has 1 aliphatic rings. The Balaban J connectivity index is 0.661. The molecule has 0 nitrogen and oxygen atoms in total. The summed E-state index contributed by atoms with van der Waals surface area (Å²) in [6.07, 6.45) is 0.880. The van der Waals surface area contributed by atoms with Crippen LogP contribution in [0.2, 0.25) is 0 Å². The van der Waals surface area contributed by atoms with Crippen LogP contribution in [-0.4, -0.2) is 0 Å². The smallest absolute Gasteiger partial charge is 0.0620 e. The predicted molar refractivity (Wildman–Crippen MR) is 507 cm³/mol. The average Bonchev–Trinajstić information content (AvgIpc) is 0.706. The third kappa shape index (κ3) is 13.6. The lowest BCUT2D eigenvalue weighted by atomic mass is 9.59. The molecule has 1 aliphatic carbocycles. The highest BCUT2D eigenvalue weighted by Gasteiger charge is 2.44. The van der Waals surface area contributed by atoms with Gasteiger partial charge in [-0.15, -0.1) is 0 Å². The number of hydrogen-bond donors (Lipinski definition) is 0. The van der Waals surface area contributed by atoms with Gasteiger partial charge in [0.15, 0.2) is 0 Å². The maximum atomic E-state index is 2.43. The Morgan fingerprint density at radius 1 is 0.169 bits per heavy atom. The van der Waals surface area contributed by atoms with Crippen LogP contribution in [0.15, 0.2) is 376 Å². The highest BCUT2D eigenvalue weighted by Crippen LogP contribution is 2.54. The summed E-state index contributed by atoms with van der Waals surface area (Å²) in [5, 5.41) is 9.88. The zero-order chi connectivity index (χ0) is 81.0. The molecule has 0 aromatic heterocycles. The molecule has 572 valence electrons. The molecule has 18 aromatic rings. The number of hydrogen-bond acceptors (Lipinski definition) is 0. The Kier molecular flexibility index (Phi) is 18.6. The van der Waals surface area contributed by atoms with E-state index in [9.17, 15) is 0 Å². The summed E-state index contributed by atoms with van der Waals surface area (Å²) in [5.41, 5.74) is 37.0. The first-order valence-electron chi connectivity index (χ1n) is 42.2. The zero-order valence-electron chi connectivity index (χ0n) is 70.0. The molecule has 0 unspecified atom stereocenters. The molecule has 0 atom stereocenters. The van der Waals surface area contributed by atoms with Crippen LogP contribution in [0.1, 0.15) is 139 Å². The van der Waals surface area contributed by atoms with E-state index in [0.29, 0.717) is 0 Å². The van der Waals surface area contributed by atoms with Crippen molar-refractivity contribution >= 4 is 43.1 Å². The Labute approximate surface area is 697 Å². The minimum Gasteiger partial charge on any atom is -0.0620 e. The molecular weight excluding hydrogens is 1420 g/mol. The van der Waals surface area contributed by atoms with E-state index in [2.05, 4.69) is 459 Å². The number of benzene rings is 18. The molecular formula is C118H100. The molecule has 0 heteroatoms. The molecule has 0 spiro atoms. The fourth-order valence-electron chi connectivity index (χ4n) is 19.1. The van der Waals surface area contributed by atoms with Crippen LogP contribution in [0.4, 0.5) is 0 Å². The van der Waals surface area contributed by atoms with Gasteiger partial charge in [-0.25, -0.2) is 0 Å². The van der Waals surface area contributed by atoms with E-state index in [-0.39, 0.29) is 21.7 Å². The van der Waals surface area contributed by atoms with E-state index < -0.39 is 5.41 Å². The molecule has 0 saturated carbocycles. The van der Waals surface area contributed by atoms with Gasteiger partial charge in [0.2, 0.25) is 0 Å². The van der Waals surface area contributed by atoms with E-state index in [4.69, 9.17) is 0 Å². The molecule has 0 saturated heterocycles. The van der Waals surface area contributed by atoms with Crippen molar-refractivity contribution in [2.24, 2.45) is 0 Å². The van der Waals surface area contributed by atoms with Crippen molar-refractivity contribution in [3.63, 3.8) is 0 Å². The molecule has 0 radical (unpaired) electrons. The van der Waals surface area contributed by atoms with E-state index >= 15 is 0 Å². The topological polar surface area (TPSA) is 0 Å². The second-order valence-corrected chi connectivity index (χ2v) is 37.1. The Morgan fingerprint density at radius 2 is 0.347 bits per heavy atom. The maximum absolute atomic E-state index is 2.43. The van der Waals surface area contributed by atoms with Crippen molar-refractivity contribution < 1.29 is 0 Å². The molecule has 0 fully saturated rings. The van der Waals surface area contributed by atoms with E-state index in [1.54, 1.807) is 0 Å². The largest absolute Gasteiger partial charge is 0.0707 e. The van der Waals surface area contributed by atoms with Gasteiger partial charge in [-0.3, -0.25) is 0 Å². The first-order valence-corrected chi connectivity index (χ1v) is 42.2. The summed E-state index contributed by atoms with van der Waals surface area (Å²) in [6, 6.07) is 144. The van der Waals surface area contributed by atoms with E-state index in [1.165, 1.54) is 210 Å². The van der Waals surface area contributed by atoms with Crippen molar-refractivity contribution in [2.45, 2.75) is 117 Å². The third-order valence-electron chi connectivity index (χ3n) is 25.5. The normalized spacial score (nSPS) is 12.9. The summed E-state index contributed by atoms with van der Waals surface area (Å²) < 4.78 is 0. The lowest BCUT2D eigenvalue weighted by molar-refractivity contribution is 0.590. The van der Waals surface area contributed by atoms with Crippen molar-refractivity contribution in [3.8, 4) is 111 Å². The van der Waals surface area contributed by atoms with Gasteiger partial charge in [0, 0.05) is 0 Å². The van der Waals surface area contributed by atoms with Crippen LogP contribution in [0.5, 0.6) is 0 Å². The standard InChI is InChI=1S/C118H100/c1-114(2,3)94-57-45-80(46-58-94)88-70-89(81-47-59-95(60-48-81)115(4,5)6)73-92(72-88)112-104-31-19-15-27-100(104)110(101-28-16-20-32-105(101)112)84-41-37-76(38-42-84)78-53-65-98(66-54-78)118(108-35-23-13-25-86(108)69-87-26-14-24-36-109(87)118)99-67-55-79(56-68-99)77-39-43-85(44-40-77)111-102-29-17-21-33-106(102)113(107-34-22-18-30-103(107)111)93-74-90(82-49-61-96(62-50-82)116(7,8)9)71-91(75-93)83-51-63-97(64-52-83)117(10,11)12/h13-68,70-75H,69H2,1-12H3. The zero-order valence-corrected chi connectivity index (χ0v) is 70.0. The molecule has 0 N–H and O–H groups in total. The molecule has 0 bridgehead atoms. The summed E-state index contributed by atoms with van der Waals surface area (Å²) >= 11 is 0. The van der Waals surface area contributed by atoms with Gasteiger partial charge in [-0.2, -0.15) is 0 Å². The van der Waals surface area contributed by atoms with E-state index in [0.717, 1.165) is 6.42 Å². The van der Waals surface area contributed by atoms with Crippen LogP contribution < -0.4 is 0 Å². The summed E-state index contributed by atoms with van der Waals surface area (Å²) in [6.45, 7) is 27.5. The Morgan fingerprint density at radius 3 is 0.585 bits per heavy atom. The highest BCUT2D eigenvalue weighted by molar-refractivity contribution is 6.23. The van der Waals surface area contributed by atoms with Gasteiger partial charge < -0.3 is 0 Å². The second kappa shape index (κ2) is 29.3. The summed E-state index contributed by atoms with van der Waals surface area (Å²) in [4.78, 5) is 0. The van der Waals surface area contributed by atoms with Gasteiger partial charge in [-0.05, 0) is 274 Å². The van der Waals surface area contributed by atoms with Gasteiger partial charge in [0.1, 0.15) is 0 Å². The quantitative estimate of drug-likeness (QED) is 0.107. The van der Waals surface area contributed by atoms with E-state index in [1.807, 2.05) is 0 Å². The number of fused-ring (bicyclic) bond motifs is 6. The van der Waals surface area contributed by atoms with Crippen molar-refractivity contribution in [3.05, 3.63) is 432 Å². The van der Waals surface area contributed by atoms with Gasteiger partial charge in [0.25, 0.3) is 0 Å². The maximum Gasteiger partial charge on any atom is 0.0707 e. The van der Waals surface area contributed by atoms with Crippen LogP contribution in [0.25, 0.3) is 154 Å². The first kappa shape index (κ1) is 75.1. The Bertz CT molecular complexity index is 6170. The molecule has 0 amide bonds. The molecule has 0 heterocycles. The van der Waals surface area contributed by atoms with Crippen LogP contribution in [0, 0.1) is 0 Å². The SMILES string of the molecule is CC(C)(C)c1ccc(-c2cc(-c3ccc(C(C)(C)C)cc3)cc(-c3c4ccccc4c(-c4ccc(-c5ccc(C6(c7ccc(-c8ccc(-c9c%10ccccc%10c(-c%10cc(-c%11ccc(C(C)(C)C)cc%11)cc(-c%11ccc(C(C)(C)C)cc%11)c%10)c%10ccccc9%10)cc8)cc7)c7ccccc7Cc7ccccc76)cc5)cc4)c4ccccc34)c2)cc1. The molecule has 118 heavy (non-hydrogen) atoms. The fraction of sp³-hybridized carbons (Fsp3) is 0.153. The van der Waals surface area contributed by atoms with Gasteiger partial charge in [-0.1, -0.05) is 423 Å².